The second-order valence-corrected chi connectivity index (χ2v) is 12.9. The van der Waals surface area contributed by atoms with Gasteiger partial charge >= 0.3 is 21.1 Å². The van der Waals surface area contributed by atoms with Crippen molar-refractivity contribution in [3.8, 4) is 34.1 Å². The number of aromatic nitrogens is 4. The molecule has 6 heteroatoms. The third-order valence-electron chi connectivity index (χ3n) is 8.58. The largest absolute Gasteiger partial charge is 2.00 e. The van der Waals surface area contributed by atoms with E-state index in [1.807, 2.05) is 23.1 Å². The Balaban J connectivity index is 0.00000386. The molecule has 0 N–H and O–H groups in total. The van der Waals surface area contributed by atoms with Gasteiger partial charge in [-0.05, 0) is 83.6 Å². The number of benzene rings is 4. The average molecular weight is 798 g/mol. The molecule has 0 saturated carbocycles. The van der Waals surface area contributed by atoms with Gasteiger partial charge in [0.15, 0.2) is 0 Å². The van der Waals surface area contributed by atoms with Crippen LogP contribution in [0.1, 0.15) is 55.9 Å². The third-order valence-corrected chi connectivity index (χ3v) is 8.58. The molecule has 0 spiro atoms. The standard InChI is InChI=1S/C41H38N4O.Pt/c1-26(2)18-30-16-17-42-40(19-30)45-38-13-8-7-12-36(38)37-15-14-34(23-39(37)45)46-35-21-31(27(3)4)20-33(22-35)44-25-32(24-43-44)41-28(5)10-9-11-29(41)6;/h7-17,19-21,24-27H,18H2,1-6H3;/q-2;+2. The van der Waals surface area contributed by atoms with E-state index in [-0.39, 0.29) is 21.1 Å². The predicted octanol–water partition coefficient (Wildman–Crippen LogP) is 10.4. The molecule has 5 nitrogen and oxygen atoms in total. The van der Waals surface area contributed by atoms with Gasteiger partial charge in [0.1, 0.15) is 5.82 Å². The van der Waals surface area contributed by atoms with Crippen LogP contribution < -0.4 is 4.74 Å². The van der Waals surface area contributed by atoms with Gasteiger partial charge in [-0.15, -0.1) is 41.3 Å². The Kier molecular flexibility index (Phi) is 9.21. The van der Waals surface area contributed by atoms with Crippen molar-refractivity contribution in [3.05, 3.63) is 132 Å². The Morgan fingerprint density at radius 3 is 2.36 bits per heavy atom. The van der Waals surface area contributed by atoms with E-state index >= 15 is 0 Å². The molecule has 47 heavy (non-hydrogen) atoms. The fourth-order valence-electron chi connectivity index (χ4n) is 6.39. The summed E-state index contributed by atoms with van der Waals surface area (Å²) in [4.78, 5) is 4.80. The maximum Gasteiger partial charge on any atom is 2.00 e. The second kappa shape index (κ2) is 13.3. The molecule has 4 aromatic carbocycles. The van der Waals surface area contributed by atoms with Gasteiger partial charge in [-0.1, -0.05) is 69.6 Å². The Morgan fingerprint density at radius 2 is 1.60 bits per heavy atom. The summed E-state index contributed by atoms with van der Waals surface area (Å²) in [6.07, 6.45) is 6.91. The van der Waals surface area contributed by atoms with Crippen molar-refractivity contribution >= 4 is 21.8 Å². The molecule has 0 unspecified atom stereocenters. The van der Waals surface area contributed by atoms with Crippen LogP contribution in [-0.4, -0.2) is 19.3 Å². The molecule has 0 amide bonds. The molecule has 7 rings (SSSR count). The van der Waals surface area contributed by atoms with Crippen molar-refractivity contribution in [1.29, 1.82) is 0 Å². The Hall–Kier alpha value is -4.47. The zero-order valence-corrected chi connectivity index (χ0v) is 29.9. The molecule has 3 aromatic heterocycles. The molecular formula is C41H38N4OPt. The van der Waals surface area contributed by atoms with E-state index in [0.29, 0.717) is 23.3 Å². The van der Waals surface area contributed by atoms with Crippen LogP contribution in [-0.2, 0) is 27.5 Å². The van der Waals surface area contributed by atoms with Crippen molar-refractivity contribution in [2.45, 2.75) is 53.9 Å². The van der Waals surface area contributed by atoms with E-state index in [1.54, 1.807) is 0 Å². The molecule has 0 atom stereocenters. The van der Waals surface area contributed by atoms with Crippen LogP contribution in [0.15, 0.2) is 97.5 Å². The van der Waals surface area contributed by atoms with Crippen LogP contribution in [0.4, 0.5) is 0 Å². The molecule has 0 fully saturated rings. The minimum atomic E-state index is 0. The zero-order chi connectivity index (χ0) is 31.9. The first-order valence-corrected chi connectivity index (χ1v) is 16.0. The molecule has 0 bridgehead atoms. The Morgan fingerprint density at radius 1 is 0.809 bits per heavy atom. The van der Waals surface area contributed by atoms with Gasteiger partial charge in [0.2, 0.25) is 0 Å². The second-order valence-electron chi connectivity index (χ2n) is 12.9. The average Bonchev–Trinajstić information content (AvgIpc) is 3.64. The molecule has 0 aliphatic rings. The first-order chi connectivity index (χ1) is 22.2. The number of ether oxygens (including phenoxy) is 1. The third kappa shape index (κ3) is 6.42. The van der Waals surface area contributed by atoms with E-state index < -0.39 is 0 Å². The summed E-state index contributed by atoms with van der Waals surface area (Å²) in [6, 6.07) is 34.5. The molecule has 238 valence electrons. The number of rotatable bonds is 8. The molecule has 0 aliphatic heterocycles. The van der Waals surface area contributed by atoms with Gasteiger partial charge in [0.05, 0.1) is 6.20 Å². The number of hydrogen-bond donors (Lipinski definition) is 0. The van der Waals surface area contributed by atoms with Gasteiger partial charge in [0.25, 0.3) is 0 Å². The van der Waals surface area contributed by atoms with E-state index in [9.17, 15) is 0 Å². The van der Waals surface area contributed by atoms with Crippen molar-refractivity contribution < 1.29 is 25.8 Å². The van der Waals surface area contributed by atoms with Crippen LogP contribution >= 0.6 is 0 Å². The van der Waals surface area contributed by atoms with E-state index in [0.717, 1.165) is 50.9 Å². The Bertz CT molecular complexity index is 2190. The number of para-hydroxylation sites is 1. The van der Waals surface area contributed by atoms with E-state index in [2.05, 4.69) is 137 Å². The minimum absolute atomic E-state index is 0. The molecular weight excluding hydrogens is 760 g/mol. The molecule has 3 heterocycles. The summed E-state index contributed by atoms with van der Waals surface area (Å²) in [7, 11) is 0. The van der Waals surface area contributed by atoms with Crippen LogP contribution in [0.25, 0.3) is 44.4 Å². The number of fused-ring (bicyclic) bond motifs is 3. The molecule has 0 saturated heterocycles. The first kappa shape index (κ1) is 32.5. The van der Waals surface area contributed by atoms with Gasteiger partial charge < -0.3 is 9.30 Å². The predicted molar refractivity (Wildman–Crippen MR) is 187 cm³/mol. The smallest absolute Gasteiger partial charge is 0.509 e. The number of hydrogen-bond acceptors (Lipinski definition) is 3. The van der Waals surface area contributed by atoms with Gasteiger partial charge in [0, 0.05) is 35.0 Å². The fourth-order valence-corrected chi connectivity index (χ4v) is 6.39. The van der Waals surface area contributed by atoms with Gasteiger partial charge in [-0.25, -0.2) is 4.98 Å². The van der Waals surface area contributed by atoms with Crippen LogP contribution in [0.3, 0.4) is 0 Å². The SMILES string of the molecule is Cc1cccc(C)c1-c1cnn(-c2[c-]c(Oc3[c-]c4c(cc3)c3ccccc3n4-c3cc(CC(C)C)ccn3)cc(C(C)C)c2)c1.[Pt+2]. The topological polar surface area (TPSA) is 44.9 Å². The zero-order valence-electron chi connectivity index (χ0n) is 27.6. The van der Waals surface area contributed by atoms with Crippen molar-refractivity contribution in [3.63, 3.8) is 0 Å². The van der Waals surface area contributed by atoms with Crippen LogP contribution in [0, 0.1) is 31.9 Å². The maximum atomic E-state index is 6.55. The van der Waals surface area contributed by atoms with Gasteiger partial charge in [-0.2, -0.15) is 11.2 Å². The van der Waals surface area contributed by atoms with Crippen LogP contribution in [0.5, 0.6) is 11.5 Å². The Labute approximate surface area is 291 Å². The first-order valence-electron chi connectivity index (χ1n) is 16.0. The summed E-state index contributed by atoms with van der Waals surface area (Å²) in [6.45, 7) is 13.1. The van der Waals surface area contributed by atoms with Crippen molar-refractivity contribution in [2.24, 2.45) is 5.92 Å². The van der Waals surface area contributed by atoms with Gasteiger partial charge in [-0.3, -0.25) is 4.68 Å². The number of nitrogens with zero attached hydrogens (tertiary/aromatic N) is 4. The molecule has 7 aromatic rings. The fraction of sp³-hybridized carbons (Fsp3) is 0.220. The number of aryl methyl sites for hydroxylation is 2. The summed E-state index contributed by atoms with van der Waals surface area (Å²) in [5, 5.41) is 7.01. The van der Waals surface area contributed by atoms with Crippen LogP contribution in [0.2, 0.25) is 0 Å². The quantitative estimate of drug-likeness (QED) is 0.144. The summed E-state index contributed by atoms with van der Waals surface area (Å²) in [5.74, 6) is 2.98. The minimum Gasteiger partial charge on any atom is -0.509 e. The number of pyridine rings is 1. The normalized spacial score (nSPS) is 11.5. The van der Waals surface area contributed by atoms with E-state index in [1.165, 1.54) is 22.3 Å². The van der Waals surface area contributed by atoms with Crippen molar-refractivity contribution in [2.75, 3.05) is 0 Å². The molecule has 0 radical (unpaired) electrons. The molecule has 0 aliphatic carbocycles. The summed E-state index contributed by atoms with van der Waals surface area (Å²) in [5.41, 5.74) is 10.0. The summed E-state index contributed by atoms with van der Waals surface area (Å²) >= 11 is 0. The summed E-state index contributed by atoms with van der Waals surface area (Å²) < 4.78 is 10.6. The van der Waals surface area contributed by atoms with Crippen molar-refractivity contribution in [1.82, 2.24) is 19.3 Å². The van der Waals surface area contributed by atoms with E-state index in [4.69, 9.17) is 14.8 Å². The maximum absolute atomic E-state index is 6.55. The monoisotopic (exact) mass is 797 g/mol.